The first-order valence-electron chi connectivity index (χ1n) is 6.27. The highest BCUT2D eigenvalue weighted by Gasteiger charge is 2.32. The van der Waals surface area contributed by atoms with Crippen LogP contribution in [-0.4, -0.2) is 28.9 Å². The van der Waals surface area contributed by atoms with Crippen molar-refractivity contribution in [2.24, 2.45) is 0 Å². The molecule has 1 rings (SSSR count). The summed E-state index contributed by atoms with van der Waals surface area (Å²) in [4.78, 5) is 4.10. The maximum absolute atomic E-state index is 10.4. The topological polar surface area (TPSA) is 51.6 Å². The summed E-state index contributed by atoms with van der Waals surface area (Å²) >= 11 is 0. The number of hydrogen-bond acceptors (Lipinski definition) is 4. The first kappa shape index (κ1) is 14.9. The Hall–Kier alpha value is -1.13. The number of pyridine rings is 1. The molecule has 4 heteroatoms. The van der Waals surface area contributed by atoms with E-state index >= 15 is 0 Å². The molecule has 0 saturated carbocycles. The van der Waals surface area contributed by atoms with Crippen LogP contribution in [0.25, 0.3) is 0 Å². The Bertz CT molecular complexity index is 375. The van der Waals surface area contributed by atoms with Gasteiger partial charge in [0.2, 0.25) is 0 Å². The largest absolute Gasteiger partial charge is 0.489 e. The van der Waals surface area contributed by atoms with E-state index in [0.717, 1.165) is 0 Å². The highest BCUT2D eigenvalue weighted by atomic mass is 16.5. The molecule has 1 aromatic heterocycles. The van der Waals surface area contributed by atoms with Crippen LogP contribution in [0.15, 0.2) is 18.5 Å². The molecule has 0 radical (unpaired) electrons. The van der Waals surface area contributed by atoms with Crippen LogP contribution < -0.4 is 4.74 Å². The van der Waals surface area contributed by atoms with Crippen LogP contribution in [0, 0.1) is 0 Å². The number of ether oxygens (including phenoxy) is 2. The highest BCUT2D eigenvalue weighted by Crippen LogP contribution is 2.32. The van der Waals surface area contributed by atoms with Gasteiger partial charge in [0.1, 0.15) is 11.9 Å². The van der Waals surface area contributed by atoms with E-state index in [-0.39, 0.29) is 6.10 Å². The van der Waals surface area contributed by atoms with Crippen LogP contribution in [0.2, 0.25) is 0 Å². The average Bonchev–Trinajstić information content (AvgIpc) is 2.36. The second kappa shape index (κ2) is 6.16. The summed E-state index contributed by atoms with van der Waals surface area (Å²) in [5.41, 5.74) is 0.0948. The van der Waals surface area contributed by atoms with Crippen LogP contribution >= 0.6 is 0 Å². The minimum absolute atomic E-state index is 0.0826. The molecule has 2 atom stereocenters. The maximum atomic E-state index is 10.4. The molecule has 1 heterocycles. The van der Waals surface area contributed by atoms with E-state index in [4.69, 9.17) is 9.47 Å². The van der Waals surface area contributed by atoms with Crippen molar-refractivity contribution in [2.75, 3.05) is 7.11 Å². The fourth-order valence-electron chi connectivity index (χ4n) is 1.72. The van der Waals surface area contributed by atoms with Crippen LogP contribution in [0.3, 0.4) is 0 Å². The number of hydrogen-bond donors (Lipinski definition) is 1. The smallest absolute Gasteiger partial charge is 0.138 e. The van der Waals surface area contributed by atoms with Crippen molar-refractivity contribution in [1.29, 1.82) is 0 Å². The van der Waals surface area contributed by atoms with Gasteiger partial charge in [-0.25, -0.2) is 0 Å². The standard InChI is InChI=1S/C14H23NO3/c1-6-14(4,17-5)13(16)11-7-12(9-15-8-11)18-10(2)3/h7-10,13,16H,6H2,1-5H3. The zero-order valence-corrected chi connectivity index (χ0v) is 11.8. The highest BCUT2D eigenvalue weighted by molar-refractivity contribution is 5.26. The molecule has 1 N–H and O–H groups in total. The summed E-state index contributed by atoms with van der Waals surface area (Å²) in [6.45, 7) is 7.77. The number of methoxy groups -OCH3 is 1. The SMILES string of the molecule is CCC(C)(OC)C(O)c1cncc(OC(C)C)c1. The summed E-state index contributed by atoms with van der Waals surface area (Å²) in [5, 5.41) is 10.4. The van der Waals surface area contributed by atoms with E-state index in [2.05, 4.69) is 4.98 Å². The molecule has 0 aromatic carbocycles. The molecule has 0 aliphatic rings. The summed E-state index contributed by atoms with van der Waals surface area (Å²) < 4.78 is 11.0. The molecule has 1 aromatic rings. The third-order valence-corrected chi connectivity index (χ3v) is 3.17. The number of nitrogens with zero attached hydrogens (tertiary/aromatic N) is 1. The van der Waals surface area contributed by atoms with Crippen LogP contribution in [0.5, 0.6) is 5.75 Å². The molecule has 0 amide bonds. The van der Waals surface area contributed by atoms with Crippen molar-refractivity contribution in [3.8, 4) is 5.75 Å². The van der Waals surface area contributed by atoms with Crippen molar-refractivity contribution >= 4 is 0 Å². The van der Waals surface area contributed by atoms with E-state index in [0.29, 0.717) is 17.7 Å². The van der Waals surface area contributed by atoms with Gasteiger partial charge in [0.25, 0.3) is 0 Å². The second-order valence-electron chi connectivity index (χ2n) is 4.89. The van der Waals surface area contributed by atoms with Gasteiger partial charge >= 0.3 is 0 Å². The van der Waals surface area contributed by atoms with Gasteiger partial charge in [0, 0.05) is 18.9 Å². The molecule has 2 unspecified atom stereocenters. The minimum Gasteiger partial charge on any atom is -0.489 e. The first-order valence-corrected chi connectivity index (χ1v) is 6.27. The zero-order valence-electron chi connectivity index (χ0n) is 11.8. The Morgan fingerprint density at radius 3 is 2.56 bits per heavy atom. The second-order valence-corrected chi connectivity index (χ2v) is 4.89. The summed E-state index contributed by atoms with van der Waals surface area (Å²) in [6, 6.07) is 1.81. The number of rotatable bonds is 6. The minimum atomic E-state index is -0.726. The number of aromatic nitrogens is 1. The Morgan fingerprint density at radius 1 is 1.39 bits per heavy atom. The molecule has 0 spiro atoms. The van der Waals surface area contributed by atoms with Crippen molar-refractivity contribution in [3.63, 3.8) is 0 Å². The molecule has 18 heavy (non-hydrogen) atoms. The van der Waals surface area contributed by atoms with Crippen LogP contribution in [-0.2, 0) is 4.74 Å². The Kier molecular flexibility index (Phi) is 5.11. The molecular formula is C14H23NO3. The summed E-state index contributed by atoms with van der Waals surface area (Å²) in [6.07, 6.45) is 3.35. The van der Waals surface area contributed by atoms with Gasteiger partial charge in [-0.15, -0.1) is 0 Å². The van der Waals surface area contributed by atoms with Gasteiger partial charge in [0.05, 0.1) is 17.9 Å². The quantitative estimate of drug-likeness (QED) is 0.847. The Labute approximate surface area is 109 Å². The third-order valence-electron chi connectivity index (χ3n) is 3.17. The molecule has 0 fully saturated rings. The predicted octanol–water partition coefficient (Wildman–Crippen LogP) is 2.72. The van der Waals surface area contributed by atoms with Crippen molar-refractivity contribution in [2.45, 2.75) is 51.9 Å². The van der Waals surface area contributed by atoms with E-state index in [9.17, 15) is 5.11 Å². The lowest BCUT2D eigenvalue weighted by Gasteiger charge is -2.32. The van der Waals surface area contributed by atoms with Gasteiger partial charge in [0.15, 0.2) is 0 Å². The summed E-state index contributed by atoms with van der Waals surface area (Å²) in [7, 11) is 1.61. The Balaban J connectivity index is 2.95. The van der Waals surface area contributed by atoms with Gasteiger partial charge in [-0.3, -0.25) is 4.98 Å². The van der Waals surface area contributed by atoms with Crippen LogP contribution in [0.1, 0.15) is 45.8 Å². The maximum Gasteiger partial charge on any atom is 0.138 e. The molecular weight excluding hydrogens is 230 g/mol. The number of aliphatic hydroxyl groups excluding tert-OH is 1. The van der Waals surface area contributed by atoms with E-state index in [1.807, 2.05) is 33.8 Å². The van der Waals surface area contributed by atoms with Gasteiger partial charge in [-0.1, -0.05) is 6.92 Å². The van der Waals surface area contributed by atoms with Gasteiger partial charge in [-0.2, -0.15) is 0 Å². The third kappa shape index (κ3) is 3.43. The van der Waals surface area contributed by atoms with Crippen molar-refractivity contribution in [1.82, 2.24) is 4.98 Å². The first-order chi connectivity index (χ1) is 8.42. The predicted molar refractivity (Wildman–Crippen MR) is 70.7 cm³/mol. The fourth-order valence-corrected chi connectivity index (χ4v) is 1.72. The lowest BCUT2D eigenvalue weighted by Crippen LogP contribution is -2.34. The lowest BCUT2D eigenvalue weighted by molar-refractivity contribution is -0.0945. The average molecular weight is 253 g/mol. The van der Waals surface area contributed by atoms with Gasteiger partial charge in [-0.05, 0) is 33.3 Å². The van der Waals surface area contributed by atoms with E-state index in [1.165, 1.54) is 0 Å². The molecule has 4 nitrogen and oxygen atoms in total. The molecule has 0 saturated heterocycles. The number of aliphatic hydroxyl groups is 1. The van der Waals surface area contributed by atoms with Crippen molar-refractivity contribution in [3.05, 3.63) is 24.0 Å². The zero-order chi connectivity index (χ0) is 13.8. The molecule has 0 aliphatic heterocycles. The molecule has 0 bridgehead atoms. The van der Waals surface area contributed by atoms with Crippen molar-refractivity contribution < 1.29 is 14.6 Å². The van der Waals surface area contributed by atoms with E-state index in [1.54, 1.807) is 19.5 Å². The van der Waals surface area contributed by atoms with E-state index < -0.39 is 11.7 Å². The fraction of sp³-hybridized carbons (Fsp3) is 0.643. The monoisotopic (exact) mass is 253 g/mol. The lowest BCUT2D eigenvalue weighted by atomic mass is 9.91. The normalized spacial score (nSPS) is 16.4. The molecule has 102 valence electrons. The van der Waals surface area contributed by atoms with Crippen LogP contribution in [0.4, 0.5) is 0 Å². The molecule has 0 aliphatic carbocycles. The van der Waals surface area contributed by atoms with Gasteiger partial charge < -0.3 is 14.6 Å². The summed E-state index contributed by atoms with van der Waals surface area (Å²) in [5.74, 6) is 0.663. The Morgan fingerprint density at radius 2 is 2.06 bits per heavy atom.